The topological polar surface area (TPSA) is 46.5 Å². The molecule has 0 rings (SSSR count). The molecule has 134 valence electrons. The third-order valence-electron chi connectivity index (χ3n) is 3.19. The quantitative estimate of drug-likeness (QED) is 0.300. The molecule has 0 aromatic heterocycles. The van der Waals surface area contributed by atoms with Gasteiger partial charge in [-0.1, -0.05) is 0 Å². The zero-order valence-electron chi connectivity index (χ0n) is 12.7. The third kappa shape index (κ3) is 3.98. The van der Waals surface area contributed by atoms with E-state index < -0.39 is 53.3 Å². The molecule has 1 unspecified atom stereocenters. The van der Waals surface area contributed by atoms with Crippen LogP contribution < -0.4 is 0 Å². The van der Waals surface area contributed by atoms with E-state index in [9.17, 15) is 36.2 Å². The molecule has 0 heterocycles. The summed E-state index contributed by atoms with van der Waals surface area (Å²) >= 11 is -1.86. The molecule has 1 N–H and O–H groups in total. The number of hydrogen-bond donors (Lipinski definition) is 1. The van der Waals surface area contributed by atoms with Crippen LogP contribution in [-0.2, 0) is 9.53 Å². The number of rotatable bonds is 5. The number of esters is 1. The van der Waals surface area contributed by atoms with Gasteiger partial charge in [0.15, 0.2) is 0 Å². The fourth-order valence-corrected chi connectivity index (χ4v) is 4.79. The molecule has 0 saturated heterocycles. The van der Waals surface area contributed by atoms with E-state index in [1.807, 2.05) is 0 Å². The molecule has 1 atom stereocenters. The molecule has 10 heteroatoms. The molecule has 0 aliphatic rings. The molecule has 0 saturated carbocycles. The average molecular weight is 452 g/mol. The Kier molecular flexibility index (Phi) is 6.62. The van der Waals surface area contributed by atoms with Gasteiger partial charge in [0.1, 0.15) is 0 Å². The van der Waals surface area contributed by atoms with Gasteiger partial charge >= 0.3 is 131 Å². The van der Waals surface area contributed by atoms with Crippen molar-refractivity contribution in [1.29, 1.82) is 0 Å². The summed E-state index contributed by atoms with van der Waals surface area (Å²) in [4.78, 5) is 15.4. The van der Waals surface area contributed by atoms with Crippen molar-refractivity contribution >= 4 is 25.8 Å². The van der Waals surface area contributed by atoms with E-state index in [1.54, 1.807) is 16.8 Å². The van der Waals surface area contributed by atoms with Crippen molar-refractivity contribution in [3.8, 4) is 0 Å². The minimum absolute atomic E-state index is 0.253. The van der Waals surface area contributed by atoms with E-state index in [4.69, 9.17) is 0 Å². The zero-order chi connectivity index (χ0) is 18.1. The number of carbonyl (C=O) groups is 1. The summed E-state index contributed by atoms with van der Waals surface area (Å²) in [5.74, 6) is -1.14. The molecule has 0 aromatic rings. The van der Waals surface area contributed by atoms with Gasteiger partial charge in [-0.3, -0.25) is 0 Å². The van der Waals surface area contributed by atoms with Crippen LogP contribution in [0.4, 0.5) is 26.3 Å². The molecule has 0 aliphatic heterocycles. The third-order valence-corrected chi connectivity index (χ3v) is 7.59. The maximum atomic E-state index is 12.8. The Morgan fingerprint density at radius 3 is 1.68 bits per heavy atom. The number of halogens is 7. The van der Waals surface area contributed by atoms with Crippen molar-refractivity contribution < 1.29 is 41.0 Å². The van der Waals surface area contributed by atoms with Crippen LogP contribution in [0.5, 0.6) is 0 Å². The number of hydrogen-bond acceptors (Lipinski definition) is 3. The molecular weight excluding hydrogens is 433 g/mol. The van der Waals surface area contributed by atoms with Gasteiger partial charge in [0.25, 0.3) is 0 Å². The molecule has 0 bridgehead atoms. The van der Waals surface area contributed by atoms with E-state index in [2.05, 4.69) is 4.74 Å². The van der Waals surface area contributed by atoms with Crippen LogP contribution in [0.25, 0.3) is 0 Å². The Hall–Kier alpha value is -0.260. The van der Waals surface area contributed by atoms with Crippen molar-refractivity contribution in [2.75, 3.05) is 9.86 Å². The number of aliphatic hydroxyl groups is 1. The van der Waals surface area contributed by atoms with Crippen molar-refractivity contribution in [1.82, 2.24) is 0 Å². The van der Waals surface area contributed by atoms with Crippen LogP contribution in [-0.4, -0.2) is 48.4 Å². The monoisotopic (exact) mass is 452 g/mol. The van der Waals surface area contributed by atoms with Gasteiger partial charge in [-0.25, -0.2) is 0 Å². The minimum atomic E-state index is -6.05. The van der Waals surface area contributed by atoms with Crippen molar-refractivity contribution in [2.24, 2.45) is 0 Å². The standard InChI is InChI=1S/C12H19F6IO3/c1-6-7(19(4)5)8(20)22-9(2,3)10(21,11(13,14)15)12(16,17)18/h7,21H,6H2,1-5H3. The predicted molar refractivity (Wildman–Crippen MR) is 77.2 cm³/mol. The second-order valence-electron chi connectivity index (χ2n) is 5.33. The Bertz CT molecular complexity index is 389. The fourth-order valence-electron chi connectivity index (χ4n) is 1.89. The SMILES string of the molecule is CCC(C(=O)OC(C)(C)C(O)(C(F)(F)F)C(F)(F)F)I(C)C. The van der Waals surface area contributed by atoms with Gasteiger partial charge in [0.05, 0.1) is 0 Å². The average Bonchev–Trinajstić information content (AvgIpc) is 2.23. The molecular formula is C12H19F6IO3. The van der Waals surface area contributed by atoms with Gasteiger partial charge < -0.3 is 0 Å². The Morgan fingerprint density at radius 1 is 1.09 bits per heavy atom. The summed E-state index contributed by atoms with van der Waals surface area (Å²) in [6.45, 7) is 2.40. The summed E-state index contributed by atoms with van der Waals surface area (Å²) in [5.41, 5.74) is -8.36. The molecule has 0 fully saturated rings. The molecule has 3 nitrogen and oxygen atoms in total. The van der Waals surface area contributed by atoms with Crippen LogP contribution >= 0.6 is 19.8 Å². The van der Waals surface area contributed by atoms with Crippen molar-refractivity contribution in [2.45, 2.75) is 54.7 Å². The predicted octanol–water partition coefficient (Wildman–Crippen LogP) is 3.71. The summed E-state index contributed by atoms with van der Waals surface area (Å²) < 4.78 is 80.8. The van der Waals surface area contributed by atoms with E-state index >= 15 is 0 Å². The number of carbonyl (C=O) groups excluding carboxylic acids is 1. The molecule has 0 aliphatic carbocycles. The van der Waals surface area contributed by atoms with E-state index in [-0.39, 0.29) is 6.42 Å². The van der Waals surface area contributed by atoms with Gasteiger partial charge in [-0.2, -0.15) is 0 Å². The fraction of sp³-hybridized carbons (Fsp3) is 0.917. The summed E-state index contributed by atoms with van der Waals surface area (Å²) in [7, 11) is 0. The van der Waals surface area contributed by atoms with Crippen molar-refractivity contribution in [3.63, 3.8) is 0 Å². The maximum absolute atomic E-state index is 12.8. The van der Waals surface area contributed by atoms with E-state index in [0.29, 0.717) is 13.8 Å². The Labute approximate surface area is 131 Å². The van der Waals surface area contributed by atoms with Crippen LogP contribution in [0.3, 0.4) is 0 Å². The van der Waals surface area contributed by atoms with Crippen LogP contribution in [0.2, 0.25) is 0 Å². The molecule has 0 spiro atoms. The van der Waals surface area contributed by atoms with Crippen LogP contribution in [0.15, 0.2) is 0 Å². The second kappa shape index (κ2) is 6.70. The van der Waals surface area contributed by atoms with Gasteiger partial charge in [0.2, 0.25) is 0 Å². The molecule has 22 heavy (non-hydrogen) atoms. The normalized spacial score (nSPS) is 16.3. The molecule has 0 amide bonds. The van der Waals surface area contributed by atoms with Gasteiger partial charge in [-0.05, 0) is 0 Å². The van der Waals surface area contributed by atoms with Gasteiger partial charge in [0, 0.05) is 0 Å². The first-order valence-corrected chi connectivity index (χ1v) is 11.7. The Balaban J connectivity index is 5.73. The molecule has 0 radical (unpaired) electrons. The van der Waals surface area contributed by atoms with E-state index in [1.165, 1.54) is 0 Å². The van der Waals surface area contributed by atoms with Crippen molar-refractivity contribution in [3.05, 3.63) is 0 Å². The van der Waals surface area contributed by atoms with Crippen LogP contribution in [0.1, 0.15) is 27.2 Å². The summed E-state index contributed by atoms with van der Waals surface area (Å²) in [6.07, 6.45) is -11.8. The van der Waals surface area contributed by atoms with Crippen LogP contribution in [0, 0.1) is 0 Å². The Morgan fingerprint density at radius 2 is 1.45 bits per heavy atom. The van der Waals surface area contributed by atoms with E-state index in [0.717, 1.165) is 0 Å². The number of ether oxygens (including phenoxy) is 1. The second-order valence-corrected chi connectivity index (χ2v) is 11.5. The zero-order valence-corrected chi connectivity index (χ0v) is 14.9. The summed E-state index contributed by atoms with van der Waals surface area (Å²) in [6, 6.07) is 0. The number of alkyl halides is 9. The summed E-state index contributed by atoms with van der Waals surface area (Å²) in [5, 5.41) is 9.34. The first kappa shape index (κ1) is 21.7. The van der Waals surface area contributed by atoms with Gasteiger partial charge in [-0.15, -0.1) is 0 Å². The molecule has 0 aromatic carbocycles. The first-order chi connectivity index (χ1) is 9.53. The first-order valence-electron chi connectivity index (χ1n) is 6.10.